The van der Waals surface area contributed by atoms with Gasteiger partial charge in [0.25, 0.3) is 0 Å². The number of aromatic nitrogens is 2. The SMILES string of the molecule is CCCC[C@H](N)c1nc(CCO)no1. The van der Waals surface area contributed by atoms with Crippen molar-refractivity contribution in [3.05, 3.63) is 11.7 Å². The molecule has 1 rings (SSSR count). The first-order valence-corrected chi connectivity index (χ1v) is 4.96. The molecule has 0 bridgehead atoms. The fraction of sp³-hybridized carbons (Fsp3) is 0.778. The predicted octanol–water partition coefficient (Wildman–Crippen LogP) is 0.794. The van der Waals surface area contributed by atoms with Crippen molar-refractivity contribution in [3.8, 4) is 0 Å². The van der Waals surface area contributed by atoms with Gasteiger partial charge < -0.3 is 15.4 Å². The number of nitrogens with two attached hydrogens (primary N) is 1. The maximum atomic E-state index is 8.66. The average Bonchev–Trinajstić information content (AvgIpc) is 2.63. The Kier molecular flexibility index (Phi) is 4.55. The van der Waals surface area contributed by atoms with Crippen molar-refractivity contribution in [1.29, 1.82) is 0 Å². The van der Waals surface area contributed by atoms with E-state index in [1.807, 2.05) is 0 Å². The van der Waals surface area contributed by atoms with Crippen molar-refractivity contribution in [2.75, 3.05) is 6.61 Å². The Hall–Kier alpha value is -0.940. The first kappa shape index (κ1) is 11.1. The molecule has 0 aliphatic heterocycles. The van der Waals surface area contributed by atoms with E-state index in [2.05, 4.69) is 17.1 Å². The molecule has 0 radical (unpaired) electrons. The number of aliphatic hydroxyl groups excluding tert-OH is 1. The van der Waals surface area contributed by atoms with Crippen LogP contribution in [0.5, 0.6) is 0 Å². The molecule has 0 aliphatic carbocycles. The van der Waals surface area contributed by atoms with E-state index in [0.29, 0.717) is 18.1 Å². The van der Waals surface area contributed by atoms with Crippen molar-refractivity contribution >= 4 is 0 Å². The number of rotatable bonds is 6. The normalized spacial score (nSPS) is 13.1. The summed E-state index contributed by atoms with van der Waals surface area (Å²) in [5, 5.41) is 12.4. The lowest BCUT2D eigenvalue weighted by molar-refractivity contribution is 0.292. The van der Waals surface area contributed by atoms with Crippen LogP contribution in [0.3, 0.4) is 0 Å². The average molecular weight is 199 g/mol. The Labute approximate surface area is 83.3 Å². The molecular weight excluding hydrogens is 182 g/mol. The van der Waals surface area contributed by atoms with Crippen LogP contribution < -0.4 is 5.73 Å². The maximum Gasteiger partial charge on any atom is 0.243 e. The molecule has 0 fully saturated rings. The van der Waals surface area contributed by atoms with E-state index in [0.717, 1.165) is 19.3 Å². The van der Waals surface area contributed by atoms with Gasteiger partial charge in [-0.05, 0) is 6.42 Å². The monoisotopic (exact) mass is 199 g/mol. The summed E-state index contributed by atoms with van der Waals surface area (Å²) >= 11 is 0. The molecule has 1 atom stereocenters. The van der Waals surface area contributed by atoms with Gasteiger partial charge in [-0.3, -0.25) is 0 Å². The summed E-state index contributed by atoms with van der Waals surface area (Å²) in [6.07, 6.45) is 3.44. The van der Waals surface area contributed by atoms with Crippen molar-refractivity contribution in [1.82, 2.24) is 10.1 Å². The first-order chi connectivity index (χ1) is 6.77. The molecule has 80 valence electrons. The Morgan fingerprint density at radius 1 is 1.57 bits per heavy atom. The van der Waals surface area contributed by atoms with Crippen LogP contribution in [0.4, 0.5) is 0 Å². The van der Waals surface area contributed by atoms with Gasteiger partial charge in [0, 0.05) is 6.42 Å². The van der Waals surface area contributed by atoms with E-state index < -0.39 is 0 Å². The van der Waals surface area contributed by atoms with Gasteiger partial charge in [-0.2, -0.15) is 4.98 Å². The van der Waals surface area contributed by atoms with Crippen LogP contribution in [0.2, 0.25) is 0 Å². The summed E-state index contributed by atoms with van der Waals surface area (Å²) in [5.41, 5.74) is 5.83. The van der Waals surface area contributed by atoms with Gasteiger partial charge in [-0.15, -0.1) is 0 Å². The minimum atomic E-state index is -0.171. The zero-order valence-corrected chi connectivity index (χ0v) is 8.44. The largest absolute Gasteiger partial charge is 0.396 e. The minimum absolute atomic E-state index is 0.0309. The second-order valence-corrected chi connectivity index (χ2v) is 3.27. The molecule has 1 aromatic heterocycles. The molecule has 0 amide bonds. The summed E-state index contributed by atoms with van der Waals surface area (Å²) in [4.78, 5) is 4.09. The summed E-state index contributed by atoms with van der Waals surface area (Å²) < 4.78 is 4.98. The van der Waals surface area contributed by atoms with Crippen LogP contribution in [-0.2, 0) is 6.42 Å². The van der Waals surface area contributed by atoms with Gasteiger partial charge in [0.2, 0.25) is 5.89 Å². The summed E-state index contributed by atoms with van der Waals surface area (Å²) in [6.45, 7) is 2.14. The third-order valence-electron chi connectivity index (χ3n) is 2.01. The molecular formula is C9H17N3O2. The van der Waals surface area contributed by atoms with Gasteiger partial charge in [-0.1, -0.05) is 24.9 Å². The highest BCUT2D eigenvalue weighted by Crippen LogP contribution is 2.14. The van der Waals surface area contributed by atoms with E-state index in [1.165, 1.54) is 0 Å². The Morgan fingerprint density at radius 3 is 3.00 bits per heavy atom. The molecule has 0 saturated carbocycles. The van der Waals surface area contributed by atoms with Crippen LogP contribution in [0.1, 0.15) is 43.9 Å². The van der Waals surface area contributed by atoms with Gasteiger partial charge in [0.15, 0.2) is 5.82 Å². The fourth-order valence-corrected chi connectivity index (χ4v) is 1.17. The Balaban J connectivity index is 2.48. The number of hydrogen-bond acceptors (Lipinski definition) is 5. The van der Waals surface area contributed by atoms with Crippen molar-refractivity contribution < 1.29 is 9.63 Å². The van der Waals surface area contributed by atoms with Crippen LogP contribution in [0.25, 0.3) is 0 Å². The lowest BCUT2D eigenvalue weighted by atomic mass is 10.1. The summed E-state index contributed by atoms with van der Waals surface area (Å²) in [5.74, 6) is 0.997. The van der Waals surface area contributed by atoms with Gasteiger partial charge in [0.05, 0.1) is 12.6 Å². The predicted molar refractivity (Wildman–Crippen MR) is 51.5 cm³/mol. The molecule has 5 nitrogen and oxygen atoms in total. The molecule has 0 saturated heterocycles. The third-order valence-corrected chi connectivity index (χ3v) is 2.01. The molecule has 0 aliphatic rings. The standard InChI is InChI=1S/C9H17N3O2/c1-2-3-4-7(10)9-11-8(5-6-13)12-14-9/h7,13H,2-6,10H2,1H3/t7-/m0/s1. The van der Waals surface area contributed by atoms with E-state index in [1.54, 1.807) is 0 Å². The van der Waals surface area contributed by atoms with Gasteiger partial charge in [-0.25, -0.2) is 0 Å². The number of nitrogens with zero attached hydrogens (tertiary/aromatic N) is 2. The zero-order valence-electron chi connectivity index (χ0n) is 8.44. The molecule has 3 N–H and O–H groups in total. The van der Waals surface area contributed by atoms with E-state index in [-0.39, 0.29) is 12.6 Å². The highest BCUT2D eigenvalue weighted by Gasteiger charge is 2.13. The zero-order chi connectivity index (χ0) is 10.4. The molecule has 1 heterocycles. The Morgan fingerprint density at radius 2 is 2.36 bits per heavy atom. The smallest absolute Gasteiger partial charge is 0.243 e. The maximum absolute atomic E-state index is 8.66. The molecule has 14 heavy (non-hydrogen) atoms. The number of unbranched alkanes of at least 4 members (excludes halogenated alkanes) is 1. The van der Waals surface area contributed by atoms with Crippen molar-refractivity contribution in [2.24, 2.45) is 5.73 Å². The third kappa shape index (κ3) is 3.08. The second kappa shape index (κ2) is 5.72. The minimum Gasteiger partial charge on any atom is -0.396 e. The second-order valence-electron chi connectivity index (χ2n) is 3.27. The van der Waals surface area contributed by atoms with Crippen LogP contribution in [0, 0.1) is 0 Å². The molecule has 0 unspecified atom stereocenters. The number of aliphatic hydroxyl groups is 1. The van der Waals surface area contributed by atoms with Gasteiger partial charge >= 0.3 is 0 Å². The molecule has 5 heteroatoms. The lowest BCUT2D eigenvalue weighted by Crippen LogP contribution is -2.10. The molecule has 0 aromatic carbocycles. The van der Waals surface area contributed by atoms with E-state index >= 15 is 0 Å². The van der Waals surface area contributed by atoms with Crippen LogP contribution in [0.15, 0.2) is 4.52 Å². The molecule has 0 spiro atoms. The highest BCUT2D eigenvalue weighted by molar-refractivity contribution is 4.91. The highest BCUT2D eigenvalue weighted by atomic mass is 16.5. The van der Waals surface area contributed by atoms with Crippen molar-refractivity contribution in [3.63, 3.8) is 0 Å². The Bertz CT molecular complexity index is 262. The van der Waals surface area contributed by atoms with Crippen LogP contribution >= 0.6 is 0 Å². The quantitative estimate of drug-likeness (QED) is 0.707. The lowest BCUT2D eigenvalue weighted by Gasteiger charge is -2.03. The first-order valence-electron chi connectivity index (χ1n) is 4.96. The van der Waals surface area contributed by atoms with E-state index in [4.69, 9.17) is 15.4 Å². The van der Waals surface area contributed by atoms with Gasteiger partial charge in [0.1, 0.15) is 0 Å². The van der Waals surface area contributed by atoms with Crippen LogP contribution in [-0.4, -0.2) is 21.9 Å². The fourth-order valence-electron chi connectivity index (χ4n) is 1.17. The van der Waals surface area contributed by atoms with E-state index in [9.17, 15) is 0 Å². The number of hydrogen-bond donors (Lipinski definition) is 2. The summed E-state index contributed by atoms with van der Waals surface area (Å²) in [7, 11) is 0. The molecule has 1 aromatic rings. The topological polar surface area (TPSA) is 85.2 Å². The van der Waals surface area contributed by atoms with Crippen molar-refractivity contribution in [2.45, 2.75) is 38.6 Å². The summed E-state index contributed by atoms with van der Waals surface area (Å²) in [6, 6.07) is -0.171.